The first-order valence-corrected chi connectivity index (χ1v) is 6.24. The summed E-state index contributed by atoms with van der Waals surface area (Å²) in [6, 6.07) is 7.13. The van der Waals surface area contributed by atoms with Gasteiger partial charge in [0, 0.05) is 16.4 Å². The first-order chi connectivity index (χ1) is 8.06. The third-order valence-corrected chi connectivity index (χ3v) is 3.51. The van der Waals surface area contributed by atoms with E-state index < -0.39 is 0 Å². The van der Waals surface area contributed by atoms with E-state index in [9.17, 15) is 0 Å². The predicted octanol–water partition coefficient (Wildman–Crippen LogP) is 4.48. The number of aromatic nitrogens is 1. The Kier molecular flexibility index (Phi) is 3.76. The number of hydrogen-bond acceptors (Lipinski definition) is 3. The highest BCUT2D eigenvalue weighted by atomic mass is 79.9. The summed E-state index contributed by atoms with van der Waals surface area (Å²) < 4.78 is 0.835. The van der Waals surface area contributed by atoms with Gasteiger partial charge in [0.1, 0.15) is 0 Å². The van der Waals surface area contributed by atoms with Crippen LogP contribution >= 0.6 is 39.1 Å². The molecule has 0 aliphatic rings. The van der Waals surface area contributed by atoms with E-state index in [0.717, 1.165) is 10.2 Å². The topological polar surface area (TPSA) is 50.9 Å². The summed E-state index contributed by atoms with van der Waals surface area (Å²) in [5.41, 5.74) is 7.07. The molecule has 88 valence electrons. The number of nitrogens with one attached hydrogen (secondary N) is 1. The van der Waals surface area contributed by atoms with E-state index in [0.29, 0.717) is 21.6 Å². The van der Waals surface area contributed by atoms with Crippen molar-refractivity contribution in [2.45, 2.75) is 0 Å². The average molecular weight is 333 g/mol. The molecule has 2 rings (SSSR count). The molecule has 0 unspecified atom stereocenters. The van der Waals surface area contributed by atoms with Gasteiger partial charge in [-0.2, -0.15) is 0 Å². The van der Waals surface area contributed by atoms with E-state index >= 15 is 0 Å². The normalized spacial score (nSPS) is 10.3. The summed E-state index contributed by atoms with van der Waals surface area (Å²) in [5.74, 6) is 0.549. The van der Waals surface area contributed by atoms with Crippen LogP contribution in [-0.2, 0) is 0 Å². The van der Waals surface area contributed by atoms with Crippen LogP contribution < -0.4 is 11.1 Å². The standard InChI is InChI=1S/C11H8BrCl2N3/c12-8-2-1-7(4-9(8)14)17-11-10(15)3-6(13)5-16-11/h1-5H,15H2,(H,16,17). The second-order valence-corrected chi connectivity index (χ2v) is 5.04. The molecule has 3 N–H and O–H groups in total. The molecule has 6 heteroatoms. The van der Waals surface area contributed by atoms with Crippen molar-refractivity contribution in [3.63, 3.8) is 0 Å². The van der Waals surface area contributed by atoms with Crippen LogP contribution in [0.2, 0.25) is 10.0 Å². The van der Waals surface area contributed by atoms with Crippen molar-refractivity contribution in [3.8, 4) is 0 Å². The molecule has 0 saturated carbocycles. The molecule has 0 radical (unpaired) electrons. The highest BCUT2D eigenvalue weighted by molar-refractivity contribution is 9.10. The molecular weight excluding hydrogens is 325 g/mol. The molecule has 2 aromatic rings. The summed E-state index contributed by atoms with van der Waals surface area (Å²) in [6.07, 6.45) is 1.53. The van der Waals surface area contributed by atoms with Crippen LogP contribution in [0.5, 0.6) is 0 Å². The minimum absolute atomic E-state index is 0.483. The van der Waals surface area contributed by atoms with Crippen molar-refractivity contribution in [1.82, 2.24) is 4.98 Å². The lowest BCUT2D eigenvalue weighted by Crippen LogP contribution is -1.98. The number of nitrogens with two attached hydrogens (primary N) is 1. The van der Waals surface area contributed by atoms with E-state index in [-0.39, 0.29) is 0 Å². The summed E-state index contributed by atoms with van der Waals surface area (Å²) >= 11 is 15.1. The largest absolute Gasteiger partial charge is 0.396 e. The molecule has 1 aromatic heterocycles. The number of benzene rings is 1. The molecule has 0 aliphatic carbocycles. The Bertz CT molecular complexity index is 560. The Labute approximate surface area is 117 Å². The van der Waals surface area contributed by atoms with E-state index in [1.54, 1.807) is 12.1 Å². The molecule has 1 aromatic carbocycles. The van der Waals surface area contributed by atoms with Crippen molar-refractivity contribution in [3.05, 3.63) is 45.0 Å². The summed E-state index contributed by atoms with van der Waals surface area (Å²) in [5, 5.41) is 4.18. The van der Waals surface area contributed by atoms with Crippen LogP contribution in [-0.4, -0.2) is 4.98 Å². The number of pyridine rings is 1. The van der Waals surface area contributed by atoms with E-state index in [2.05, 4.69) is 26.2 Å². The number of hydrogen-bond donors (Lipinski definition) is 2. The first kappa shape index (κ1) is 12.5. The van der Waals surface area contributed by atoms with Crippen LogP contribution in [0.3, 0.4) is 0 Å². The molecule has 0 bridgehead atoms. The number of anilines is 3. The molecule has 3 nitrogen and oxygen atoms in total. The predicted molar refractivity (Wildman–Crippen MR) is 76.1 cm³/mol. The third kappa shape index (κ3) is 3.03. The summed E-state index contributed by atoms with van der Waals surface area (Å²) in [4.78, 5) is 4.10. The number of rotatable bonds is 2. The van der Waals surface area contributed by atoms with Gasteiger partial charge in [0.2, 0.25) is 0 Å². The zero-order chi connectivity index (χ0) is 12.4. The molecule has 0 saturated heterocycles. The van der Waals surface area contributed by atoms with Gasteiger partial charge in [0.15, 0.2) is 5.82 Å². The quantitative estimate of drug-likeness (QED) is 0.852. The fourth-order valence-electron chi connectivity index (χ4n) is 1.27. The molecule has 17 heavy (non-hydrogen) atoms. The smallest absolute Gasteiger partial charge is 0.153 e. The van der Waals surface area contributed by atoms with Gasteiger partial charge in [0.25, 0.3) is 0 Å². The molecule has 0 fully saturated rings. The Morgan fingerprint density at radius 2 is 2.00 bits per heavy atom. The van der Waals surface area contributed by atoms with Gasteiger partial charge >= 0.3 is 0 Å². The van der Waals surface area contributed by atoms with Crippen LogP contribution in [0.25, 0.3) is 0 Å². The number of halogens is 3. The van der Waals surface area contributed by atoms with E-state index in [1.165, 1.54) is 6.20 Å². The minimum Gasteiger partial charge on any atom is -0.396 e. The van der Waals surface area contributed by atoms with Crippen molar-refractivity contribution >= 4 is 56.3 Å². The van der Waals surface area contributed by atoms with Crippen LogP contribution in [0, 0.1) is 0 Å². The van der Waals surface area contributed by atoms with Crippen molar-refractivity contribution in [1.29, 1.82) is 0 Å². The zero-order valence-electron chi connectivity index (χ0n) is 8.55. The molecular formula is C11H8BrCl2N3. The van der Waals surface area contributed by atoms with E-state index in [4.69, 9.17) is 28.9 Å². The lowest BCUT2D eigenvalue weighted by Gasteiger charge is -2.09. The third-order valence-electron chi connectivity index (χ3n) is 2.07. The fourth-order valence-corrected chi connectivity index (χ4v) is 1.86. The van der Waals surface area contributed by atoms with Crippen molar-refractivity contribution in [2.24, 2.45) is 0 Å². The minimum atomic E-state index is 0.483. The maximum Gasteiger partial charge on any atom is 0.153 e. The number of nitrogen functional groups attached to an aromatic ring is 1. The van der Waals surface area contributed by atoms with Gasteiger partial charge in [-0.15, -0.1) is 0 Å². The Morgan fingerprint density at radius 3 is 2.65 bits per heavy atom. The molecule has 0 atom stereocenters. The van der Waals surface area contributed by atoms with Crippen molar-refractivity contribution < 1.29 is 0 Å². The Morgan fingerprint density at radius 1 is 1.24 bits per heavy atom. The first-order valence-electron chi connectivity index (χ1n) is 4.69. The van der Waals surface area contributed by atoms with Gasteiger partial charge in [-0.05, 0) is 40.2 Å². The zero-order valence-corrected chi connectivity index (χ0v) is 11.6. The molecule has 0 amide bonds. The number of nitrogens with zero attached hydrogens (tertiary/aromatic N) is 1. The van der Waals surface area contributed by atoms with Crippen LogP contribution in [0.4, 0.5) is 17.2 Å². The van der Waals surface area contributed by atoms with Gasteiger partial charge < -0.3 is 11.1 Å². The lowest BCUT2D eigenvalue weighted by atomic mass is 10.3. The van der Waals surface area contributed by atoms with Crippen molar-refractivity contribution in [2.75, 3.05) is 11.1 Å². The summed E-state index contributed by atoms with van der Waals surface area (Å²) in [7, 11) is 0. The average Bonchev–Trinajstić information content (AvgIpc) is 2.27. The van der Waals surface area contributed by atoms with Gasteiger partial charge in [-0.1, -0.05) is 23.2 Å². The Hall–Kier alpha value is -0.970. The SMILES string of the molecule is Nc1cc(Cl)cnc1Nc1ccc(Br)c(Cl)c1. The van der Waals surface area contributed by atoms with Gasteiger partial charge in [0.05, 0.1) is 15.7 Å². The van der Waals surface area contributed by atoms with Crippen LogP contribution in [0.15, 0.2) is 34.9 Å². The molecule has 0 spiro atoms. The highest BCUT2D eigenvalue weighted by Crippen LogP contribution is 2.28. The second-order valence-electron chi connectivity index (χ2n) is 3.35. The van der Waals surface area contributed by atoms with Gasteiger partial charge in [-0.3, -0.25) is 0 Å². The maximum atomic E-state index is 5.99. The van der Waals surface area contributed by atoms with E-state index in [1.807, 2.05) is 12.1 Å². The summed E-state index contributed by atoms with van der Waals surface area (Å²) in [6.45, 7) is 0. The monoisotopic (exact) mass is 331 g/mol. The van der Waals surface area contributed by atoms with Crippen LogP contribution in [0.1, 0.15) is 0 Å². The van der Waals surface area contributed by atoms with Gasteiger partial charge in [-0.25, -0.2) is 4.98 Å². The second kappa shape index (κ2) is 5.12. The highest BCUT2D eigenvalue weighted by Gasteiger charge is 2.04. The fraction of sp³-hybridized carbons (Fsp3) is 0. The molecule has 1 heterocycles. The Balaban J connectivity index is 2.28. The lowest BCUT2D eigenvalue weighted by molar-refractivity contribution is 1.31. The maximum absolute atomic E-state index is 5.99. The molecule has 0 aliphatic heterocycles.